The summed E-state index contributed by atoms with van der Waals surface area (Å²) in [5, 5.41) is 0. The maximum Gasteiger partial charge on any atom is 0.162 e. The van der Waals surface area contributed by atoms with E-state index < -0.39 is 0 Å². The van der Waals surface area contributed by atoms with Crippen LogP contribution in [0.2, 0.25) is 0 Å². The van der Waals surface area contributed by atoms with Crippen LogP contribution in [0.15, 0.2) is 24.3 Å². The average Bonchev–Trinajstić information content (AvgIpc) is 3.02. The van der Waals surface area contributed by atoms with Crippen molar-refractivity contribution in [3.05, 3.63) is 24.3 Å². The Balaban J connectivity index is 0. The van der Waals surface area contributed by atoms with Gasteiger partial charge in [-0.15, -0.1) is 0 Å². The van der Waals surface area contributed by atoms with Crippen molar-refractivity contribution in [2.75, 3.05) is 40.9 Å². The Morgan fingerprint density at radius 2 is 0.696 bits per heavy atom. The Morgan fingerprint density at radius 3 is 1.00 bits per heavy atom. The molecule has 0 radical (unpaired) electrons. The SMILES string of the molecule is CCCCCCCC/C=C\CCCCCCCCOC(CC[N+](C)(C)C)OCCCCCCCC/C=C\CCCCCCCC.[Br-]. The van der Waals surface area contributed by atoms with Gasteiger partial charge in [-0.2, -0.15) is 0 Å². The summed E-state index contributed by atoms with van der Waals surface area (Å²) in [6.07, 6.45) is 48.3. The summed E-state index contributed by atoms with van der Waals surface area (Å²) < 4.78 is 13.4. The highest BCUT2D eigenvalue weighted by atomic mass is 79.9. The second-order valence-electron chi connectivity index (χ2n) is 14.8. The van der Waals surface area contributed by atoms with Gasteiger partial charge in [0.2, 0.25) is 0 Å². The van der Waals surface area contributed by atoms with Gasteiger partial charge in [0, 0.05) is 19.6 Å². The van der Waals surface area contributed by atoms with Gasteiger partial charge in [-0.1, -0.05) is 154 Å². The third-order valence-corrected chi connectivity index (χ3v) is 8.96. The molecule has 0 N–H and O–H groups in total. The average molecular weight is 715 g/mol. The van der Waals surface area contributed by atoms with Gasteiger partial charge in [-0.05, 0) is 64.2 Å². The highest BCUT2D eigenvalue weighted by molar-refractivity contribution is 4.82. The molecule has 0 heterocycles. The zero-order chi connectivity index (χ0) is 32.9. The van der Waals surface area contributed by atoms with E-state index in [9.17, 15) is 0 Å². The van der Waals surface area contributed by atoms with Crippen LogP contribution in [0.3, 0.4) is 0 Å². The standard InChI is InChI=1S/C42H84NO2.BrH/c1-6-8-10-12-14-16-18-20-22-24-26-28-30-32-34-36-40-44-42(38-39-43(3,4)5)45-41-37-35-33-31-29-27-25-23-21-19-17-15-13-11-9-7-2;/h20-23,42H,6-19,24-41H2,1-5H3;1H/q+1;/p-1/b22-20-,23-21-;. The molecule has 0 rings (SSSR count). The minimum atomic E-state index is -0.0337. The molecule has 0 amide bonds. The molecule has 0 aliphatic carbocycles. The fourth-order valence-electron chi connectivity index (χ4n) is 5.84. The van der Waals surface area contributed by atoms with E-state index in [0.29, 0.717) is 0 Å². The lowest BCUT2D eigenvalue weighted by Crippen LogP contribution is -3.00. The molecule has 0 aliphatic heterocycles. The molecule has 0 saturated heterocycles. The highest BCUT2D eigenvalue weighted by Crippen LogP contribution is 2.13. The van der Waals surface area contributed by atoms with Gasteiger partial charge < -0.3 is 30.9 Å². The minimum absolute atomic E-state index is 0. The number of halogens is 1. The highest BCUT2D eigenvalue weighted by Gasteiger charge is 2.15. The lowest BCUT2D eigenvalue weighted by molar-refractivity contribution is -0.871. The number of hydrogen-bond donors (Lipinski definition) is 0. The number of unbranched alkanes of at least 4 members (excludes halogenated alkanes) is 24. The van der Waals surface area contributed by atoms with Gasteiger partial charge in [-0.3, -0.25) is 0 Å². The van der Waals surface area contributed by atoms with E-state index in [0.717, 1.165) is 43.5 Å². The molecule has 276 valence electrons. The molecule has 0 aromatic carbocycles. The van der Waals surface area contributed by atoms with Crippen LogP contribution in [0, 0.1) is 0 Å². The number of ether oxygens (including phenoxy) is 2. The summed E-state index contributed by atoms with van der Waals surface area (Å²) in [5.74, 6) is 0. The molecule has 0 aliphatic rings. The van der Waals surface area contributed by atoms with E-state index in [2.05, 4.69) is 59.3 Å². The molecule has 3 nitrogen and oxygen atoms in total. The number of rotatable bonds is 37. The second kappa shape index (κ2) is 39.3. The molecule has 4 heteroatoms. The summed E-state index contributed by atoms with van der Waals surface area (Å²) in [4.78, 5) is 0. The third kappa shape index (κ3) is 41.9. The summed E-state index contributed by atoms with van der Waals surface area (Å²) in [5.41, 5.74) is 0. The molecular formula is C42H84BrNO2. The van der Waals surface area contributed by atoms with E-state index in [1.165, 1.54) is 167 Å². The molecule has 0 fully saturated rings. The number of quaternary nitrogens is 1. The number of hydrogen-bond acceptors (Lipinski definition) is 2. The summed E-state index contributed by atoms with van der Waals surface area (Å²) in [6, 6.07) is 0. The van der Waals surface area contributed by atoms with Crippen LogP contribution in [0.25, 0.3) is 0 Å². The van der Waals surface area contributed by atoms with Gasteiger partial charge in [0.05, 0.1) is 27.7 Å². The third-order valence-electron chi connectivity index (χ3n) is 8.96. The van der Waals surface area contributed by atoms with E-state index in [-0.39, 0.29) is 23.3 Å². The summed E-state index contributed by atoms with van der Waals surface area (Å²) >= 11 is 0. The number of nitrogens with zero attached hydrogens (tertiary/aromatic N) is 1. The first-order chi connectivity index (χ1) is 22.0. The van der Waals surface area contributed by atoms with Crippen molar-refractivity contribution >= 4 is 0 Å². The first-order valence-corrected chi connectivity index (χ1v) is 20.3. The Bertz CT molecular complexity index is 571. The Labute approximate surface area is 301 Å². The molecule has 0 aromatic rings. The minimum Gasteiger partial charge on any atom is -1.00 e. The molecular weight excluding hydrogens is 630 g/mol. The van der Waals surface area contributed by atoms with Crippen LogP contribution in [0.4, 0.5) is 0 Å². The second-order valence-corrected chi connectivity index (χ2v) is 14.8. The molecule has 46 heavy (non-hydrogen) atoms. The van der Waals surface area contributed by atoms with Gasteiger partial charge in [0.25, 0.3) is 0 Å². The maximum absolute atomic E-state index is 6.24. The largest absolute Gasteiger partial charge is 1.00 e. The predicted molar refractivity (Wildman–Crippen MR) is 202 cm³/mol. The van der Waals surface area contributed by atoms with Crippen molar-refractivity contribution in [2.24, 2.45) is 0 Å². The van der Waals surface area contributed by atoms with Crippen molar-refractivity contribution in [1.82, 2.24) is 0 Å². The maximum atomic E-state index is 6.24. The van der Waals surface area contributed by atoms with Crippen LogP contribution in [-0.2, 0) is 9.47 Å². The molecule has 0 aromatic heterocycles. The van der Waals surface area contributed by atoms with Crippen LogP contribution >= 0.6 is 0 Å². The first kappa shape index (κ1) is 48.0. The molecule has 0 spiro atoms. The topological polar surface area (TPSA) is 18.5 Å². The van der Waals surface area contributed by atoms with Crippen molar-refractivity contribution in [1.29, 1.82) is 0 Å². The molecule has 0 unspecified atom stereocenters. The predicted octanol–water partition coefficient (Wildman–Crippen LogP) is 10.5. The number of allylic oxidation sites excluding steroid dienone is 4. The van der Waals surface area contributed by atoms with Crippen LogP contribution in [-0.4, -0.2) is 51.7 Å². The Hall–Kier alpha value is -0.160. The van der Waals surface area contributed by atoms with Crippen molar-refractivity contribution in [3.63, 3.8) is 0 Å². The Morgan fingerprint density at radius 1 is 0.413 bits per heavy atom. The molecule has 0 atom stereocenters. The van der Waals surface area contributed by atoms with Gasteiger partial charge >= 0.3 is 0 Å². The van der Waals surface area contributed by atoms with Gasteiger partial charge in [0.1, 0.15) is 0 Å². The van der Waals surface area contributed by atoms with Crippen molar-refractivity contribution in [2.45, 2.75) is 206 Å². The van der Waals surface area contributed by atoms with Crippen LogP contribution in [0.1, 0.15) is 200 Å². The van der Waals surface area contributed by atoms with E-state index in [1.807, 2.05) is 0 Å². The Kier molecular flexibility index (Phi) is 40.9. The summed E-state index contributed by atoms with van der Waals surface area (Å²) in [6.45, 7) is 7.36. The van der Waals surface area contributed by atoms with Crippen LogP contribution < -0.4 is 17.0 Å². The quantitative estimate of drug-likeness (QED) is 0.0276. The first-order valence-electron chi connectivity index (χ1n) is 20.3. The monoisotopic (exact) mass is 714 g/mol. The fraction of sp³-hybridized carbons (Fsp3) is 0.905. The lowest BCUT2D eigenvalue weighted by Gasteiger charge is -2.27. The van der Waals surface area contributed by atoms with E-state index in [4.69, 9.17) is 9.47 Å². The van der Waals surface area contributed by atoms with E-state index in [1.54, 1.807) is 0 Å². The smallest absolute Gasteiger partial charge is 0.162 e. The lowest BCUT2D eigenvalue weighted by atomic mass is 10.1. The van der Waals surface area contributed by atoms with Gasteiger partial charge in [-0.25, -0.2) is 0 Å². The zero-order valence-corrected chi connectivity index (χ0v) is 33.7. The van der Waals surface area contributed by atoms with E-state index >= 15 is 0 Å². The van der Waals surface area contributed by atoms with Gasteiger partial charge in [0.15, 0.2) is 6.29 Å². The van der Waals surface area contributed by atoms with Crippen molar-refractivity contribution < 1.29 is 30.9 Å². The molecule has 0 bridgehead atoms. The zero-order valence-electron chi connectivity index (χ0n) is 32.2. The molecule has 0 saturated carbocycles. The summed E-state index contributed by atoms with van der Waals surface area (Å²) in [7, 11) is 6.77. The van der Waals surface area contributed by atoms with Crippen LogP contribution in [0.5, 0.6) is 0 Å². The normalized spacial score (nSPS) is 12.2. The van der Waals surface area contributed by atoms with Crippen molar-refractivity contribution in [3.8, 4) is 0 Å². The fourth-order valence-corrected chi connectivity index (χ4v) is 5.84.